The van der Waals surface area contributed by atoms with E-state index in [0.717, 1.165) is 24.8 Å². The summed E-state index contributed by atoms with van der Waals surface area (Å²) in [6, 6.07) is 15.3. The lowest BCUT2D eigenvalue weighted by Crippen LogP contribution is -2.37. The van der Waals surface area contributed by atoms with Crippen LogP contribution in [0.15, 0.2) is 48.5 Å². The van der Waals surface area contributed by atoms with E-state index in [1.165, 1.54) is 0 Å². The Morgan fingerprint density at radius 2 is 1.85 bits per heavy atom. The van der Waals surface area contributed by atoms with Gasteiger partial charge in [-0.3, -0.25) is 4.79 Å². The Kier molecular flexibility index (Phi) is 4.79. The van der Waals surface area contributed by atoms with Crippen LogP contribution in [0.4, 0.5) is 0 Å². The number of carbonyl (C=O) groups is 1. The Morgan fingerprint density at radius 3 is 2.62 bits per heavy atom. The van der Waals surface area contributed by atoms with Gasteiger partial charge in [0.1, 0.15) is 0 Å². The van der Waals surface area contributed by atoms with Crippen molar-refractivity contribution in [3.8, 4) is 0 Å². The number of rotatable bonds is 3. The molecule has 1 unspecified atom stereocenters. The van der Waals surface area contributed by atoms with Crippen LogP contribution in [0.1, 0.15) is 28.9 Å². The second kappa shape index (κ2) is 7.22. The first-order valence-electron chi connectivity index (χ1n) is 8.59. The topological polar surface area (TPSA) is 46.1 Å². The molecule has 2 heterocycles. The minimum atomic E-state index is -0.155. The summed E-state index contributed by atoms with van der Waals surface area (Å²) in [5.41, 5.74) is 2.71. The number of amides is 1. The summed E-state index contributed by atoms with van der Waals surface area (Å²) in [6.07, 6.45) is 2.69. The van der Waals surface area contributed by atoms with E-state index in [9.17, 15) is 4.79 Å². The normalized spacial score (nSPS) is 17.0. The minimum absolute atomic E-state index is 0.116. The Morgan fingerprint density at radius 1 is 1.08 bits per heavy atom. The van der Waals surface area contributed by atoms with Crippen LogP contribution in [0.3, 0.4) is 0 Å². The predicted molar refractivity (Wildman–Crippen MR) is 104 cm³/mol. The highest BCUT2D eigenvalue weighted by Crippen LogP contribution is 2.26. The molecule has 1 atom stereocenters. The average Bonchev–Trinajstić information content (AvgIpc) is 3.08. The molecular weight excluding hydrogens is 369 g/mol. The highest BCUT2D eigenvalue weighted by molar-refractivity contribution is 6.32. The molecule has 132 valence electrons. The fourth-order valence-corrected chi connectivity index (χ4v) is 3.93. The van der Waals surface area contributed by atoms with Gasteiger partial charge in [0, 0.05) is 17.6 Å². The van der Waals surface area contributed by atoms with Gasteiger partial charge in [-0.1, -0.05) is 47.5 Å². The zero-order valence-electron chi connectivity index (χ0n) is 14.0. The quantitative estimate of drug-likeness (QED) is 0.651. The monoisotopic (exact) mass is 385 g/mol. The first kappa shape index (κ1) is 17.3. The van der Waals surface area contributed by atoms with E-state index in [4.69, 9.17) is 23.2 Å². The molecule has 1 fully saturated rings. The van der Waals surface area contributed by atoms with E-state index < -0.39 is 0 Å². The van der Waals surface area contributed by atoms with Gasteiger partial charge in [0.25, 0.3) is 5.91 Å². The highest BCUT2D eigenvalue weighted by Gasteiger charge is 2.31. The maximum Gasteiger partial charge on any atom is 0.275 e. The molecule has 26 heavy (non-hydrogen) atoms. The second-order valence-corrected chi connectivity index (χ2v) is 7.27. The minimum Gasteiger partial charge on any atom is -0.334 e. The molecule has 4 nitrogen and oxygen atoms in total. The van der Waals surface area contributed by atoms with Crippen molar-refractivity contribution in [2.75, 3.05) is 6.54 Å². The fourth-order valence-electron chi connectivity index (χ4n) is 3.50. The number of halogens is 2. The molecule has 0 radical (unpaired) electrons. The van der Waals surface area contributed by atoms with Crippen molar-refractivity contribution >= 4 is 40.1 Å². The van der Waals surface area contributed by atoms with Gasteiger partial charge in [-0.25, -0.2) is 9.97 Å². The third kappa shape index (κ3) is 3.39. The number of para-hydroxylation sites is 2. The third-order valence-electron chi connectivity index (χ3n) is 4.73. The summed E-state index contributed by atoms with van der Waals surface area (Å²) in [4.78, 5) is 23.8. The maximum absolute atomic E-state index is 13.1. The van der Waals surface area contributed by atoms with E-state index >= 15 is 0 Å². The lowest BCUT2D eigenvalue weighted by molar-refractivity contribution is 0.0730. The molecule has 0 bridgehead atoms. The summed E-state index contributed by atoms with van der Waals surface area (Å²) in [7, 11) is 0. The summed E-state index contributed by atoms with van der Waals surface area (Å²) >= 11 is 12.4. The molecule has 0 aliphatic carbocycles. The Hall–Kier alpha value is -2.17. The van der Waals surface area contributed by atoms with E-state index in [0.29, 0.717) is 22.6 Å². The number of benzene rings is 2. The zero-order chi connectivity index (χ0) is 18.1. The van der Waals surface area contributed by atoms with Crippen LogP contribution in [-0.2, 0) is 6.42 Å². The standard InChI is InChI=1S/C20H17Cl2N3O/c21-14-6-3-5-13(11-14)12-15-7-4-10-25(15)20(26)18-19(22)24-17-9-2-1-8-16(17)23-18/h1-3,5-6,8-9,11,15H,4,7,10,12H2. The fraction of sp³-hybridized carbons (Fsp3) is 0.250. The van der Waals surface area contributed by atoms with Crippen molar-refractivity contribution < 1.29 is 4.79 Å². The largest absolute Gasteiger partial charge is 0.334 e. The molecule has 0 spiro atoms. The lowest BCUT2D eigenvalue weighted by Gasteiger charge is -2.25. The van der Waals surface area contributed by atoms with Crippen LogP contribution in [0, 0.1) is 0 Å². The van der Waals surface area contributed by atoms with E-state index in [1.807, 2.05) is 53.4 Å². The number of fused-ring (bicyclic) bond motifs is 1. The molecule has 1 aliphatic rings. The van der Waals surface area contributed by atoms with Gasteiger partial charge in [-0.05, 0) is 49.1 Å². The van der Waals surface area contributed by atoms with Gasteiger partial charge in [0.2, 0.25) is 0 Å². The SMILES string of the molecule is O=C(c1nc2ccccc2nc1Cl)N1CCCC1Cc1cccc(Cl)c1. The molecular formula is C20H17Cl2N3O. The summed E-state index contributed by atoms with van der Waals surface area (Å²) in [6.45, 7) is 0.703. The molecule has 1 aromatic heterocycles. The molecule has 1 aliphatic heterocycles. The average molecular weight is 386 g/mol. The van der Waals surface area contributed by atoms with E-state index in [-0.39, 0.29) is 22.8 Å². The lowest BCUT2D eigenvalue weighted by atomic mass is 10.0. The van der Waals surface area contributed by atoms with Gasteiger partial charge in [0.05, 0.1) is 11.0 Å². The van der Waals surface area contributed by atoms with Crippen LogP contribution in [0.2, 0.25) is 10.2 Å². The van der Waals surface area contributed by atoms with Crippen LogP contribution < -0.4 is 0 Å². The van der Waals surface area contributed by atoms with E-state index in [2.05, 4.69) is 9.97 Å². The third-order valence-corrected chi connectivity index (χ3v) is 5.23. The molecule has 0 saturated carbocycles. The van der Waals surface area contributed by atoms with Gasteiger partial charge < -0.3 is 4.90 Å². The number of hydrogen-bond donors (Lipinski definition) is 0. The number of hydrogen-bond acceptors (Lipinski definition) is 3. The summed E-state index contributed by atoms with van der Waals surface area (Å²) < 4.78 is 0. The smallest absolute Gasteiger partial charge is 0.275 e. The van der Waals surface area contributed by atoms with Crippen molar-refractivity contribution in [1.82, 2.24) is 14.9 Å². The Labute approximate surface area is 161 Å². The maximum atomic E-state index is 13.1. The van der Waals surface area contributed by atoms with Crippen molar-refractivity contribution in [1.29, 1.82) is 0 Å². The first-order valence-corrected chi connectivity index (χ1v) is 9.35. The molecule has 3 aromatic rings. The summed E-state index contributed by atoms with van der Waals surface area (Å²) in [5, 5.41) is 0.865. The predicted octanol–water partition coefficient (Wildman–Crippen LogP) is 4.78. The van der Waals surface area contributed by atoms with Crippen molar-refractivity contribution in [3.05, 3.63) is 70.0 Å². The van der Waals surface area contributed by atoms with Crippen LogP contribution in [0.5, 0.6) is 0 Å². The van der Waals surface area contributed by atoms with Gasteiger partial charge in [0.15, 0.2) is 10.8 Å². The molecule has 4 rings (SSSR count). The van der Waals surface area contributed by atoms with Crippen molar-refractivity contribution in [3.63, 3.8) is 0 Å². The van der Waals surface area contributed by atoms with Gasteiger partial charge in [-0.15, -0.1) is 0 Å². The number of carbonyl (C=O) groups excluding carboxylic acids is 1. The van der Waals surface area contributed by atoms with Crippen molar-refractivity contribution in [2.24, 2.45) is 0 Å². The molecule has 0 N–H and O–H groups in total. The van der Waals surface area contributed by atoms with Gasteiger partial charge >= 0.3 is 0 Å². The number of aromatic nitrogens is 2. The highest BCUT2D eigenvalue weighted by atomic mass is 35.5. The van der Waals surface area contributed by atoms with E-state index in [1.54, 1.807) is 0 Å². The number of likely N-dealkylation sites (tertiary alicyclic amines) is 1. The number of nitrogens with zero attached hydrogens (tertiary/aromatic N) is 3. The zero-order valence-corrected chi connectivity index (χ0v) is 15.5. The van der Waals surface area contributed by atoms with Crippen LogP contribution in [-0.4, -0.2) is 33.4 Å². The van der Waals surface area contributed by atoms with Crippen LogP contribution >= 0.6 is 23.2 Å². The summed E-state index contributed by atoms with van der Waals surface area (Å²) in [5.74, 6) is -0.155. The Balaban J connectivity index is 1.61. The first-order chi connectivity index (χ1) is 12.6. The Bertz CT molecular complexity index is 976. The molecule has 2 aromatic carbocycles. The van der Waals surface area contributed by atoms with Crippen molar-refractivity contribution in [2.45, 2.75) is 25.3 Å². The molecule has 1 amide bonds. The second-order valence-electron chi connectivity index (χ2n) is 6.48. The van der Waals surface area contributed by atoms with Crippen LogP contribution in [0.25, 0.3) is 11.0 Å². The molecule has 1 saturated heterocycles. The van der Waals surface area contributed by atoms with Gasteiger partial charge in [-0.2, -0.15) is 0 Å². The molecule has 6 heteroatoms.